The molecule has 2 rings (SSSR count). The van der Waals surface area contributed by atoms with Crippen molar-refractivity contribution in [3.05, 3.63) is 39.7 Å². The smallest absolute Gasteiger partial charge is 0.356 e. The fourth-order valence-electron chi connectivity index (χ4n) is 2.43. The molecule has 0 saturated heterocycles. The Kier molecular flexibility index (Phi) is 7.00. The topological polar surface area (TPSA) is 103 Å². The number of nitrogens with one attached hydrogen (secondary N) is 1. The van der Waals surface area contributed by atoms with Crippen LogP contribution < -0.4 is 5.32 Å². The molecule has 2 aromatic rings. The molecule has 1 aromatic carbocycles. The summed E-state index contributed by atoms with van der Waals surface area (Å²) in [5.74, 6) is 0.493. The van der Waals surface area contributed by atoms with E-state index in [-0.39, 0.29) is 10.8 Å². The predicted octanol–water partition coefficient (Wildman–Crippen LogP) is 3.44. The summed E-state index contributed by atoms with van der Waals surface area (Å²) >= 11 is 0.889. The Labute approximate surface area is 162 Å². The van der Waals surface area contributed by atoms with E-state index >= 15 is 0 Å². The highest BCUT2D eigenvalue weighted by Gasteiger charge is 2.33. The molecule has 0 unspecified atom stereocenters. The van der Waals surface area contributed by atoms with Crippen LogP contribution in [0.25, 0.3) is 0 Å². The molecule has 0 aliphatic heterocycles. The summed E-state index contributed by atoms with van der Waals surface area (Å²) in [6.07, 6.45) is -3.52. The van der Waals surface area contributed by atoms with Crippen molar-refractivity contribution in [1.82, 2.24) is 20.1 Å². The minimum Gasteiger partial charge on any atom is -0.356 e. The van der Waals surface area contributed by atoms with Gasteiger partial charge in [-0.15, -0.1) is 10.2 Å². The van der Waals surface area contributed by atoms with Crippen molar-refractivity contribution in [2.75, 3.05) is 6.54 Å². The van der Waals surface area contributed by atoms with Gasteiger partial charge in [-0.1, -0.05) is 0 Å². The van der Waals surface area contributed by atoms with Crippen molar-refractivity contribution < 1.29 is 22.9 Å². The number of aromatic nitrogens is 3. The molecule has 0 atom stereocenters. The number of amides is 1. The molecule has 152 valence electrons. The Hall–Kier alpha value is -2.63. The Morgan fingerprint density at radius 1 is 1.36 bits per heavy atom. The molecular weight excluding hydrogens is 399 g/mol. The first-order valence-corrected chi connectivity index (χ1v) is 9.15. The van der Waals surface area contributed by atoms with Crippen molar-refractivity contribution in [3.8, 4) is 0 Å². The van der Waals surface area contributed by atoms with Crippen molar-refractivity contribution >= 4 is 23.4 Å². The van der Waals surface area contributed by atoms with Gasteiger partial charge in [0.05, 0.1) is 15.4 Å². The number of nitro benzene ring substituents is 1. The third-order valence-electron chi connectivity index (χ3n) is 3.74. The molecule has 8 nitrogen and oxygen atoms in total. The largest absolute Gasteiger partial charge is 0.416 e. The van der Waals surface area contributed by atoms with Crippen LogP contribution >= 0.6 is 11.8 Å². The number of benzene rings is 1. The predicted molar refractivity (Wildman–Crippen MR) is 94.9 cm³/mol. The first kappa shape index (κ1) is 21.7. The average Bonchev–Trinajstić information content (AvgIpc) is 2.99. The fraction of sp³-hybridized carbons (Fsp3) is 0.438. The molecule has 0 radical (unpaired) electrons. The number of nitro groups is 1. The van der Waals surface area contributed by atoms with Gasteiger partial charge in [0.2, 0.25) is 5.91 Å². The van der Waals surface area contributed by atoms with E-state index in [1.807, 2.05) is 6.92 Å². The molecule has 0 aliphatic carbocycles. The van der Waals surface area contributed by atoms with Gasteiger partial charge >= 0.3 is 6.18 Å². The van der Waals surface area contributed by atoms with Gasteiger partial charge in [0.15, 0.2) is 5.16 Å². The molecule has 1 amide bonds. The molecule has 28 heavy (non-hydrogen) atoms. The summed E-state index contributed by atoms with van der Waals surface area (Å²) in [5.41, 5.74) is -1.73. The lowest BCUT2D eigenvalue weighted by molar-refractivity contribution is -0.388. The molecule has 1 aromatic heterocycles. The van der Waals surface area contributed by atoms with Crippen molar-refractivity contribution in [3.63, 3.8) is 0 Å². The van der Waals surface area contributed by atoms with Gasteiger partial charge in [-0.25, -0.2) is 0 Å². The van der Waals surface area contributed by atoms with Crippen LogP contribution in [0.2, 0.25) is 0 Å². The SMILES string of the molecule is CCn1c(CCCNC(C)=O)nnc1Sc1ccc(C(F)(F)F)cc1[N+](=O)[O-]. The van der Waals surface area contributed by atoms with Crippen LogP contribution in [0, 0.1) is 10.1 Å². The van der Waals surface area contributed by atoms with Crippen LogP contribution in [-0.2, 0) is 23.9 Å². The van der Waals surface area contributed by atoms with Crippen molar-refractivity contribution in [2.24, 2.45) is 0 Å². The van der Waals surface area contributed by atoms with Crippen molar-refractivity contribution in [2.45, 2.75) is 49.5 Å². The zero-order chi connectivity index (χ0) is 20.9. The highest BCUT2D eigenvalue weighted by molar-refractivity contribution is 7.99. The molecule has 0 bridgehead atoms. The van der Waals surface area contributed by atoms with Gasteiger partial charge in [0, 0.05) is 32.5 Å². The Morgan fingerprint density at radius 2 is 2.07 bits per heavy atom. The van der Waals surface area contributed by atoms with E-state index in [4.69, 9.17) is 0 Å². The van der Waals surface area contributed by atoms with Crippen LogP contribution in [-0.4, -0.2) is 32.1 Å². The van der Waals surface area contributed by atoms with E-state index in [0.717, 1.165) is 23.9 Å². The second kappa shape index (κ2) is 9.04. The molecule has 0 spiro atoms. The molecule has 0 saturated carbocycles. The number of hydrogen-bond donors (Lipinski definition) is 1. The standard InChI is InChI=1S/C16H18F3N5O3S/c1-3-23-14(5-4-8-20-10(2)25)21-22-15(23)28-13-7-6-11(16(17,18)19)9-12(13)24(26)27/h6-7,9H,3-5,8H2,1-2H3,(H,20,25). The van der Waals surface area contributed by atoms with Gasteiger partial charge in [-0.05, 0) is 37.2 Å². The molecular formula is C16H18F3N5O3S. The van der Waals surface area contributed by atoms with Gasteiger partial charge < -0.3 is 9.88 Å². The number of carbonyl (C=O) groups excluding carboxylic acids is 1. The first-order valence-electron chi connectivity index (χ1n) is 8.33. The molecule has 0 aliphatic rings. The molecule has 1 heterocycles. The lowest BCUT2D eigenvalue weighted by Crippen LogP contribution is -2.21. The van der Waals surface area contributed by atoms with Crippen LogP contribution in [0.1, 0.15) is 31.7 Å². The number of carbonyl (C=O) groups is 1. The number of nitrogens with zero attached hydrogens (tertiary/aromatic N) is 4. The summed E-state index contributed by atoms with van der Waals surface area (Å²) in [6, 6.07) is 2.39. The fourth-order valence-corrected chi connectivity index (χ4v) is 3.43. The third kappa shape index (κ3) is 5.44. The molecule has 0 fully saturated rings. The average molecular weight is 417 g/mol. The van der Waals surface area contributed by atoms with E-state index in [2.05, 4.69) is 15.5 Å². The second-order valence-electron chi connectivity index (χ2n) is 5.77. The van der Waals surface area contributed by atoms with E-state index in [1.165, 1.54) is 6.92 Å². The summed E-state index contributed by atoms with van der Waals surface area (Å²) in [7, 11) is 0. The van der Waals surface area contributed by atoms with Crippen LogP contribution in [0.4, 0.5) is 18.9 Å². The maximum absolute atomic E-state index is 12.8. The maximum atomic E-state index is 12.8. The van der Waals surface area contributed by atoms with Gasteiger partial charge in [-0.3, -0.25) is 14.9 Å². The van der Waals surface area contributed by atoms with Crippen LogP contribution in [0.15, 0.2) is 28.3 Å². The minimum absolute atomic E-state index is 0.0462. The van der Waals surface area contributed by atoms with E-state index < -0.39 is 22.4 Å². The Morgan fingerprint density at radius 3 is 2.64 bits per heavy atom. The van der Waals surface area contributed by atoms with Gasteiger partial charge in [0.1, 0.15) is 5.82 Å². The zero-order valence-electron chi connectivity index (χ0n) is 15.1. The highest BCUT2D eigenvalue weighted by atomic mass is 32.2. The number of aryl methyl sites for hydroxylation is 1. The second-order valence-corrected chi connectivity index (χ2v) is 6.78. The lowest BCUT2D eigenvalue weighted by Gasteiger charge is -2.10. The zero-order valence-corrected chi connectivity index (χ0v) is 15.9. The first-order chi connectivity index (χ1) is 13.1. The lowest BCUT2D eigenvalue weighted by atomic mass is 10.2. The summed E-state index contributed by atoms with van der Waals surface area (Å²) in [6.45, 7) is 4.21. The van der Waals surface area contributed by atoms with E-state index in [0.29, 0.717) is 43.0 Å². The number of rotatable bonds is 8. The van der Waals surface area contributed by atoms with E-state index in [1.54, 1.807) is 4.57 Å². The van der Waals surface area contributed by atoms with Crippen LogP contribution in [0.3, 0.4) is 0 Å². The normalized spacial score (nSPS) is 11.5. The Balaban J connectivity index is 2.23. The van der Waals surface area contributed by atoms with E-state index in [9.17, 15) is 28.1 Å². The molecule has 1 N–H and O–H groups in total. The third-order valence-corrected chi connectivity index (χ3v) is 4.79. The minimum atomic E-state index is -4.67. The molecule has 12 heteroatoms. The van der Waals surface area contributed by atoms with Crippen LogP contribution in [0.5, 0.6) is 0 Å². The summed E-state index contributed by atoms with van der Waals surface area (Å²) in [4.78, 5) is 21.3. The van der Waals surface area contributed by atoms with Crippen molar-refractivity contribution in [1.29, 1.82) is 0 Å². The monoisotopic (exact) mass is 417 g/mol. The van der Waals surface area contributed by atoms with Gasteiger partial charge in [0.25, 0.3) is 5.69 Å². The highest BCUT2D eigenvalue weighted by Crippen LogP contribution is 2.38. The summed E-state index contributed by atoms with van der Waals surface area (Å²) < 4.78 is 40.2. The number of halogens is 3. The number of hydrogen-bond acceptors (Lipinski definition) is 6. The summed E-state index contributed by atoms with van der Waals surface area (Å²) in [5, 5.41) is 22.3. The Bertz CT molecular complexity index is 870. The van der Waals surface area contributed by atoms with Gasteiger partial charge in [-0.2, -0.15) is 13.2 Å². The maximum Gasteiger partial charge on any atom is 0.416 e. The quantitative estimate of drug-likeness (QED) is 0.401. The number of alkyl halides is 3.